The molecule has 1 radical (unpaired) electrons. The Hall–Kier alpha value is -1.36. The fourth-order valence-electron chi connectivity index (χ4n) is 1.15. The summed E-state index contributed by atoms with van der Waals surface area (Å²) in [7, 11) is 0. The third kappa shape index (κ3) is 0.894. The molecular weight excluding hydrogens is 136 g/mol. The van der Waals surface area contributed by atoms with Gasteiger partial charge in [0, 0.05) is 12.3 Å². The van der Waals surface area contributed by atoms with Crippen molar-refractivity contribution in [3.63, 3.8) is 0 Å². The number of nitrogens with zero attached hydrogens (tertiary/aromatic N) is 2. The molecule has 1 heterocycles. The predicted octanol–water partition coefficient (Wildman–Crippen LogP) is 1.44. The highest BCUT2D eigenvalue weighted by atomic mass is 14.7. The molecule has 0 atom stereocenters. The van der Waals surface area contributed by atoms with Crippen LogP contribution in [0.25, 0.3) is 0 Å². The molecule has 0 N–H and O–H groups in total. The van der Waals surface area contributed by atoms with E-state index in [1.165, 1.54) is 0 Å². The van der Waals surface area contributed by atoms with Gasteiger partial charge in [-0.25, -0.2) is 0 Å². The Morgan fingerprint density at radius 1 is 1.64 bits per heavy atom. The molecule has 1 fully saturated rings. The van der Waals surface area contributed by atoms with Crippen LogP contribution >= 0.6 is 0 Å². The molecule has 0 spiro atoms. The first kappa shape index (κ1) is 6.36. The highest BCUT2D eigenvalue weighted by Gasteiger charge is 2.46. The number of hydrogen-bond acceptors (Lipinski definition) is 2. The molecule has 0 saturated heterocycles. The van der Waals surface area contributed by atoms with Crippen molar-refractivity contribution in [2.24, 2.45) is 0 Å². The third-order valence-electron chi connectivity index (χ3n) is 2.07. The first-order valence-corrected chi connectivity index (χ1v) is 3.61. The van der Waals surface area contributed by atoms with E-state index in [-0.39, 0.29) is 5.41 Å². The van der Waals surface area contributed by atoms with Crippen molar-refractivity contribution in [3.05, 3.63) is 30.1 Å². The lowest BCUT2D eigenvalue weighted by atomic mass is 10.0. The number of aromatic nitrogens is 1. The molecule has 1 aromatic rings. The second-order valence-electron chi connectivity index (χ2n) is 2.84. The molecule has 0 bridgehead atoms. The minimum Gasteiger partial charge on any atom is -0.259 e. The van der Waals surface area contributed by atoms with Gasteiger partial charge in [-0.3, -0.25) is 4.98 Å². The quantitative estimate of drug-likeness (QED) is 0.596. The van der Waals surface area contributed by atoms with Crippen molar-refractivity contribution < 1.29 is 0 Å². The van der Waals surface area contributed by atoms with Crippen LogP contribution in [-0.4, -0.2) is 4.98 Å². The molecular formula is C9H7N2. The zero-order valence-corrected chi connectivity index (χ0v) is 6.04. The largest absolute Gasteiger partial charge is 0.259 e. The molecule has 1 aliphatic carbocycles. The Kier molecular flexibility index (Phi) is 1.19. The first-order valence-electron chi connectivity index (χ1n) is 3.61. The first-order chi connectivity index (χ1) is 5.37. The fraction of sp³-hybridized carbons (Fsp3) is 0.333. The van der Waals surface area contributed by atoms with E-state index in [4.69, 9.17) is 5.26 Å². The van der Waals surface area contributed by atoms with Crippen molar-refractivity contribution in [1.82, 2.24) is 4.98 Å². The monoisotopic (exact) mass is 143 g/mol. The van der Waals surface area contributed by atoms with E-state index >= 15 is 0 Å². The Bertz CT molecular complexity index is 293. The molecule has 0 unspecified atom stereocenters. The van der Waals surface area contributed by atoms with Crippen molar-refractivity contribution in [2.45, 2.75) is 18.3 Å². The molecule has 2 heteroatoms. The molecule has 53 valence electrons. The maximum atomic E-state index is 8.81. The van der Waals surface area contributed by atoms with E-state index in [2.05, 4.69) is 17.1 Å². The third-order valence-corrected chi connectivity index (χ3v) is 2.07. The molecule has 2 nitrogen and oxygen atoms in total. The average Bonchev–Trinajstić information content (AvgIpc) is 2.86. The minimum absolute atomic E-state index is 0.241. The van der Waals surface area contributed by atoms with E-state index in [0.29, 0.717) is 0 Å². The van der Waals surface area contributed by atoms with Gasteiger partial charge < -0.3 is 0 Å². The minimum atomic E-state index is -0.241. The van der Waals surface area contributed by atoms with Gasteiger partial charge >= 0.3 is 0 Å². The highest BCUT2D eigenvalue weighted by Crippen LogP contribution is 2.46. The highest BCUT2D eigenvalue weighted by molar-refractivity contribution is 5.33. The SMILES string of the molecule is N#CC1(c2cc[c]cn2)CC1. The Morgan fingerprint density at radius 3 is 2.91 bits per heavy atom. The normalized spacial score (nSPS) is 18.8. The Labute approximate surface area is 65.5 Å². The second kappa shape index (κ2) is 2.06. The smallest absolute Gasteiger partial charge is 0.0994 e. The second-order valence-corrected chi connectivity index (χ2v) is 2.84. The van der Waals surface area contributed by atoms with Gasteiger partial charge in [-0.2, -0.15) is 5.26 Å². The van der Waals surface area contributed by atoms with Gasteiger partial charge in [0.05, 0.1) is 17.2 Å². The van der Waals surface area contributed by atoms with E-state index in [1.807, 2.05) is 6.07 Å². The lowest BCUT2D eigenvalue weighted by molar-refractivity contribution is 0.854. The van der Waals surface area contributed by atoms with Crippen molar-refractivity contribution in [3.8, 4) is 6.07 Å². The van der Waals surface area contributed by atoms with Crippen LogP contribution in [0.15, 0.2) is 18.3 Å². The summed E-state index contributed by atoms with van der Waals surface area (Å²) in [5.41, 5.74) is 0.661. The standard InChI is InChI=1S/C9H7N2/c10-7-9(4-5-9)8-3-1-2-6-11-8/h1,3,6H,4-5H2. The summed E-state index contributed by atoms with van der Waals surface area (Å²) >= 11 is 0. The van der Waals surface area contributed by atoms with Crippen LogP contribution in [0.1, 0.15) is 18.5 Å². The number of rotatable bonds is 1. The molecule has 0 aliphatic heterocycles. The molecule has 1 saturated carbocycles. The van der Waals surface area contributed by atoms with Crippen LogP contribution in [0, 0.1) is 17.4 Å². The zero-order chi connectivity index (χ0) is 7.73. The molecule has 1 aliphatic rings. The fourth-order valence-corrected chi connectivity index (χ4v) is 1.15. The number of hydrogen-bond donors (Lipinski definition) is 0. The van der Waals surface area contributed by atoms with Crippen LogP contribution < -0.4 is 0 Å². The molecule has 0 amide bonds. The number of nitriles is 1. The summed E-state index contributed by atoms with van der Waals surface area (Å²) in [5, 5.41) is 8.81. The maximum Gasteiger partial charge on any atom is 0.0994 e. The summed E-state index contributed by atoms with van der Waals surface area (Å²) in [4.78, 5) is 4.11. The van der Waals surface area contributed by atoms with E-state index in [1.54, 1.807) is 12.3 Å². The topological polar surface area (TPSA) is 36.7 Å². The van der Waals surface area contributed by atoms with Crippen molar-refractivity contribution in [1.29, 1.82) is 5.26 Å². The molecule has 0 aromatic carbocycles. The summed E-state index contributed by atoms with van der Waals surface area (Å²) in [6, 6.07) is 8.81. The molecule has 1 aromatic heterocycles. The lowest BCUT2D eigenvalue weighted by Gasteiger charge is -2.01. The van der Waals surface area contributed by atoms with Crippen LogP contribution in [0.3, 0.4) is 0 Å². The van der Waals surface area contributed by atoms with Crippen LogP contribution in [-0.2, 0) is 5.41 Å². The predicted molar refractivity (Wildman–Crippen MR) is 39.6 cm³/mol. The van der Waals surface area contributed by atoms with Gasteiger partial charge in [-0.1, -0.05) is 6.07 Å². The van der Waals surface area contributed by atoms with Crippen LogP contribution in [0.2, 0.25) is 0 Å². The van der Waals surface area contributed by atoms with E-state index < -0.39 is 0 Å². The van der Waals surface area contributed by atoms with Gasteiger partial charge in [0.25, 0.3) is 0 Å². The van der Waals surface area contributed by atoms with Crippen molar-refractivity contribution in [2.75, 3.05) is 0 Å². The van der Waals surface area contributed by atoms with Crippen LogP contribution in [0.4, 0.5) is 0 Å². The number of pyridine rings is 1. The van der Waals surface area contributed by atoms with E-state index in [9.17, 15) is 0 Å². The van der Waals surface area contributed by atoms with Gasteiger partial charge in [0.15, 0.2) is 0 Å². The van der Waals surface area contributed by atoms with Crippen LogP contribution in [0.5, 0.6) is 0 Å². The average molecular weight is 143 g/mol. The summed E-state index contributed by atoms with van der Waals surface area (Å²) < 4.78 is 0. The van der Waals surface area contributed by atoms with Gasteiger partial charge in [-0.15, -0.1) is 0 Å². The summed E-state index contributed by atoms with van der Waals surface area (Å²) in [6.45, 7) is 0. The Morgan fingerprint density at radius 2 is 2.45 bits per heavy atom. The zero-order valence-electron chi connectivity index (χ0n) is 6.04. The Balaban J connectivity index is 2.39. The summed E-state index contributed by atoms with van der Waals surface area (Å²) in [6.07, 6.45) is 3.54. The van der Waals surface area contributed by atoms with Gasteiger partial charge in [-0.05, 0) is 18.9 Å². The van der Waals surface area contributed by atoms with Crippen molar-refractivity contribution >= 4 is 0 Å². The lowest BCUT2D eigenvalue weighted by Crippen LogP contribution is -2.04. The molecule has 2 rings (SSSR count). The molecule has 11 heavy (non-hydrogen) atoms. The maximum absolute atomic E-state index is 8.81. The van der Waals surface area contributed by atoms with Gasteiger partial charge in [0.1, 0.15) is 0 Å². The van der Waals surface area contributed by atoms with Gasteiger partial charge in [0.2, 0.25) is 0 Å². The summed E-state index contributed by atoms with van der Waals surface area (Å²) in [5.74, 6) is 0. The van der Waals surface area contributed by atoms with E-state index in [0.717, 1.165) is 18.5 Å².